The standard InChI is InChI=1S/C21H31NO/c1-15(22)7-16-3-2-4-20(11-16)23-6-5-21-12-17-8-18(13-21)10-19(9-17)14-21/h2-4,11,15,17-19H,5-10,12-14,22H2,1H3/t15-,17?,18?,19?,21?/m0/s1. The molecule has 4 aliphatic carbocycles. The summed E-state index contributed by atoms with van der Waals surface area (Å²) >= 11 is 0. The molecule has 0 spiro atoms. The van der Waals surface area contributed by atoms with Gasteiger partial charge in [0.2, 0.25) is 0 Å². The fourth-order valence-corrected chi connectivity index (χ4v) is 6.12. The maximum absolute atomic E-state index is 6.13. The molecule has 4 bridgehead atoms. The van der Waals surface area contributed by atoms with Gasteiger partial charge in [0, 0.05) is 6.04 Å². The van der Waals surface area contributed by atoms with E-state index >= 15 is 0 Å². The minimum absolute atomic E-state index is 0.206. The van der Waals surface area contributed by atoms with E-state index < -0.39 is 0 Å². The van der Waals surface area contributed by atoms with Gasteiger partial charge in [-0.3, -0.25) is 0 Å². The molecule has 23 heavy (non-hydrogen) atoms. The van der Waals surface area contributed by atoms with Crippen LogP contribution in [0.2, 0.25) is 0 Å². The van der Waals surface area contributed by atoms with E-state index in [0.717, 1.165) is 36.5 Å². The van der Waals surface area contributed by atoms with Crippen molar-refractivity contribution in [1.82, 2.24) is 0 Å². The summed E-state index contributed by atoms with van der Waals surface area (Å²) in [6, 6.07) is 8.71. The monoisotopic (exact) mass is 313 g/mol. The first kappa shape index (κ1) is 15.5. The van der Waals surface area contributed by atoms with Crippen molar-refractivity contribution in [2.45, 2.75) is 64.3 Å². The zero-order valence-electron chi connectivity index (χ0n) is 14.5. The van der Waals surface area contributed by atoms with Crippen LogP contribution in [0.15, 0.2) is 24.3 Å². The van der Waals surface area contributed by atoms with Crippen LogP contribution in [-0.2, 0) is 6.42 Å². The van der Waals surface area contributed by atoms with Crippen molar-refractivity contribution in [3.8, 4) is 5.75 Å². The summed E-state index contributed by atoms with van der Waals surface area (Å²) in [6.07, 6.45) is 11.2. The third-order valence-electron chi connectivity index (χ3n) is 6.52. The quantitative estimate of drug-likeness (QED) is 0.835. The van der Waals surface area contributed by atoms with Crippen LogP contribution < -0.4 is 10.5 Å². The van der Waals surface area contributed by atoms with Crippen molar-refractivity contribution in [2.75, 3.05) is 6.61 Å². The molecule has 2 nitrogen and oxygen atoms in total. The van der Waals surface area contributed by atoms with E-state index in [1.54, 1.807) is 0 Å². The summed E-state index contributed by atoms with van der Waals surface area (Å²) in [7, 11) is 0. The SMILES string of the molecule is C[C@H](N)Cc1cccc(OCCC23CC4CC(CC(C4)C2)C3)c1. The van der Waals surface area contributed by atoms with Crippen LogP contribution in [0.1, 0.15) is 57.4 Å². The normalized spacial score (nSPS) is 36.2. The van der Waals surface area contributed by atoms with Gasteiger partial charge < -0.3 is 10.5 Å². The lowest BCUT2D eigenvalue weighted by molar-refractivity contribution is -0.0622. The Bertz CT molecular complexity index is 515. The van der Waals surface area contributed by atoms with Crippen molar-refractivity contribution < 1.29 is 4.74 Å². The van der Waals surface area contributed by atoms with Crippen LogP contribution in [-0.4, -0.2) is 12.6 Å². The molecular weight excluding hydrogens is 282 g/mol. The van der Waals surface area contributed by atoms with Gasteiger partial charge in [-0.1, -0.05) is 12.1 Å². The molecule has 4 fully saturated rings. The molecule has 1 atom stereocenters. The first-order chi connectivity index (χ1) is 11.1. The van der Waals surface area contributed by atoms with Crippen LogP contribution in [0.5, 0.6) is 5.75 Å². The summed E-state index contributed by atoms with van der Waals surface area (Å²) in [5.41, 5.74) is 7.81. The molecule has 4 aliphatic rings. The maximum Gasteiger partial charge on any atom is 0.119 e. The summed E-state index contributed by atoms with van der Waals surface area (Å²) in [5.74, 6) is 4.13. The van der Waals surface area contributed by atoms with Crippen molar-refractivity contribution >= 4 is 0 Å². The number of hydrogen-bond acceptors (Lipinski definition) is 2. The van der Waals surface area contributed by atoms with Crippen LogP contribution in [0.25, 0.3) is 0 Å². The number of nitrogens with two attached hydrogens (primary N) is 1. The third kappa shape index (κ3) is 3.42. The van der Waals surface area contributed by atoms with Crippen molar-refractivity contribution in [3.05, 3.63) is 29.8 Å². The molecule has 0 unspecified atom stereocenters. The van der Waals surface area contributed by atoms with Crippen molar-refractivity contribution in [2.24, 2.45) is 28.9 Å². The molecule has 0 heterocycles. The highest BCUT2D eigenvalue weighted by atomic mass is 16.5. The van der Waals surface area contributed by atoms with Gasteiger partial charge in [0.05, 0.1) is 6.61 Å². The Morgan fingerprint density at radius 3 is 2.39 bits per heavy atom. The van der Waals surface area contributed by atoms with Crippen molar-refractivity contribution in [3.63, 3.8) is 0 Å². The van der Waals surface area contributed by atoms with Crippen LogP contribution in [0.3, 0.4) is 0 Å². The minimum atomic E-state index is 0.206. The Kier molecular flexibility index (Phi) is 4.13. The molecule has 0 amide bonds. The fraction of sp³-hybridized carbons (Fsp3) is 0.714. The molecule has 2 heteroatoms. The van der Waals surface area contributed by atoms with Gasteiger partial charge in [0.1, 0.15) is 5.75 Å². The second-order valence-electron chi connectivity index (χ2n) is 8.84. The zero-order chi connectivity index (χ0) is 15.9. The second kappa shape index (κ2) is 6.12. The molecule has 1 aromatic carbocycles. The number of rotatable bonds is 6. The van der Waals surface area contributed by atoms with Gasteiger partial charge in [-0.2, -0.15) is 0 Å². The van der Waals surface area contributed by atoms with Gasteiger partial charge in [0.25, 0.3) is 0 Å². The molecule has 1 aromatic rings. The number of benzene rings is 1. The van der Waals surface area contributed by atoms with Gasteiger partial charge in [-0.05, 0) is 99.2 Å². The van der Waals surface area contributed by atoms with Crippen LogP contribution >= 0.6 is 0 Å². The molecule has 0 radical (unpaired) electrons. The molecule has 0 saturated heterocycles. The lowest BCUT2D eigenvalue weighted by atomic mass is 9.49. The Balaban J connectivity index is 1.33. The predicted molar refractivity (Wildman–Crippen MR) is 94.5 cm³/mol. The molecule has 5 rings (SSSR count). The highest BCUT2D eigenvalue weighted by Crippen LogP contribution is 2.61. The average molecular weight is 313 g/mol. The zero-order valence-corrected chi connectivity index (χ0v) is 14.5. The molecule has 0 aromatic heterocycles. The summed E-state index contributed by atoms with van der Waals surface area (Å²) in [4.78, 5) is 0. The van der Waals surface area contributed by atoms with E-state index in [0.29, 0.717) is 5.41 Å². The van der Waals surface area contributed by atoms with Gasteiger partial charge in [0.15, 0.2) is 0 Å². The second-order valence-corrected chi connectivity index (χ2v) is 8.84. The Labute approximate surface area is 140 Å². The number of hydrogen-bond donors (Lipinski definition) is 1. The summed E-state index contributed by atoms with van der Waals surface area (Å²) < 4.78 is 6.13. The number of ether oxygens (including phenoxy) is 1. The highest BCUT2D eigenvalue weighted by Gasteiger charge is 2.50. The fourth-order valence-electron chi connectivity index (χ4n) is 6.12. The first-order valence-electron chi connectivity index (χ1n) is 9.58. The Morgan fingerprint density at radius 2 is 1.78 bits per heavy atom. The lowest BCUT2D eigenvalue weighted by Gasteiger charge is -2.57. The predicted octanol–water partition coefficient (Wildman–Crippen LogP) is 4.56. The largest absolute Gasteiger partial charge is 0.494 e. The lowest BCUT2D eigenvalue weighted by Crippen LogP contribution is -2.46. The molecule has 4 saturated carbocycles. The van der Waals surface area contributed by atoms with E-state index in [2.05, 4.69) is 31.2 Å². The van der Waals surface area contributed by atoms with Crippen molar-refractivity contribution in [1.29, 1.82) is 0 Å². The Morgan fingerprint density at radius 1 is 1.13 bits per heavy atom. The summed E-state index contributed by atoms with van der Waals surface area (Å²) in [6.45, 7) is 2.94. The summed E-state index contributed by atoms with van der Waals surface area (Å²) in [5, 5.41) is 0. The van der Waals surface area contributed by atoms with E-state index in [1.807, 2.05) is 0 Å². The smallest absolute Gasteiger partial charge is 0.119 e. The molecule has 2 N–H and O–H groups in total. The molecule has 0 aliphatic heterocycles. The van der Waals surface area contributed by atoms with Gasteiger partial charge in [-0.25, -0.2) is 0 Å². The molecule has 126 valence electrons. The van der Waals surface area contributed by atoms with Gasteiger partial charge >= 0.3 is 0 Å². The maximum atomic E-state index is 6.13. The topological polar surface area (TPSA) is 35.2 Å². The third-order valence-corrected chi connectivity index (χ3v) is 6.52. The van der Waals surface area contributed by atoms with Gasteiger partial charge in [-0.15, -0.1) is 0 Å². The Hall–Kier alpha value is -1.02. The molecular formula is C21H31NO. The first-order valence-corrected chi connectivity index (χ1v) is 9.58. The van der Waals surface area contributed by atoms with Crippen LogP contribution in [0.4, 0.5) is 0 Å². The highest BCUT2D eigenvalue weighted by molar-refractivity contribution is 5.29. The van der Waals surface area contributed by atoms with Crippen LogP contribution in [0, 0.1) is 23.2 Å². The minimum Gasteiger partial charge on any atom is -0.494 e. The van der Waals surface area contributed by atoms with E-state index in [9.17, 15) is 0 Å². The average Bonchev–Trinajstić information content (AvgIpc) is 2.45. The van der Waals surface area contributed by atoms with E-state index in [4.69, 9.17) is 10.5 Å². The van der Waals surface area contributed by atoms with E-state index in [-0.39, 0.29) is 6.04 Å². The van der Waals surface area contributed by atoms with E-state index in [1.165, 1.54) is 50.5 Å².